The molecule has 0 radical (unpaired) electrons. The maximum atomic E-state index is 13.3. The second-order valence-corrected chi connectivity index (χ2v) is 5.90. The van der Waals surface area contributed by atoms with Crippen LogP contribution in [0, 0.1) is 17.6 Å². The first-order valence-corrected chi connectivity index (χ1v) is 7.92. The zero-order valence-corrected chi connectivity index (χ0v) is 13.1. The highest BCUT2D eigenvalue weighted by atomic mass is 19.2. The lowest BCUT2D eigenvalue weighted by molar-refractivity contribution is 0.250. The highest BCUT2D eigenvalue weighted by Crippen LogP contribution is 2.25. The van der Waals surface area contributed by atoms with Crippen LogP contribution in [0.3, 0.4) is 0 Å². The van der Waals surface area contributed by atoms with Gasteiger partial charge in [0, 0.05) is 37.1 Å². The van der Waals surface area contributed by atoms with Gasteiger partial charge in [0.1, 0.15) is 0 Å². The van der Waals surface area contributed by atoms with Crippen molar-refractivity contribution in [1.82, 2.24) is 5.32 Å². The molecule has 1 aliphatic heterocycles. The molecular formula is C18H19F2N3O. The Balaban J connectivity index is 1.47. The maximum Gasteiger partial charge on any atom is 0.319 e. The SMILES string of the molecule is O=C(NCC1CCN(c2ccc(F)c(F)c2)C1)Nc1ccccc1. The number of rotatable bonds is 4. The van der Waals surface area contributed by atoms with Gasteiger partial charge >= 0.3 is 6.03 Å². The molecule has 6 heteroatoms. The highest BCUT2D eigenvalue weighted by molar-refractivity contribution is 5.89. The Kier molecular flexibility index (Phi) is 4.93. The third kappa shape index (κ3) is 4.01. The van der Waals surface area contributed by atoms with E-state index in [9.17, 15) is 13.6 Å². The second-order valence-electron chi connectivity index (χ2n) is 5.90. The van der Waals surface area contributed by atoms with Crippen LogP contribution in [0.4, 0.5) is 25.0 Å². The molecule has 0 saturated carbocycles. The third-order valence-corrected chi connectivity index (χ3v) is 4.14. The minimum Gasteiger partial charge on any atom is -0.371 e. The van der Waals surface area contributed by atoms with Gasteiger partial charge in [-0.05, 0) is 36.6 Å². The van der Waals surface area contributed by atoms with Crippen LogP contribution in [-0.2, 0) is 0 Å². The van der Waals surface area contributed by atoms with Crippen molar-refractivity contribution < 1.29 is 13.6 Å². The number of hydrogen-bond donors (Lipinski definition) is 2. The van der Waals surface area contributed by atoms with Crippen molar-refractivity contribution in [2.75, 3.05) is 29.9 Å². The molecule has 2 aromatic carbocycles. The van der Waals surface area contributed by atoms with Crippen molar-refractivity contribution in [3.05, 3.63) is 60.2 Å². The highest BCUT2D eigenvalue weighted by Gasteiger charge is 2.23. The van der Waals surface area contributed by atoms with Crippen LogP contribution >= 0.6 is 0 Å². The number of hydrogen-bond acceptors (Lipinski definition) is 2. The Bertz CT molecular complexity index is 709. The number of anilines is 2. The maximum absolute atomic E-state index is 13.3. The van der Waals surface area contributed by atoms with Crippen molar-refractivity contribution in [1.29, 1.82) is 0 Å². The fourth-order valence-corrected chi connectivity index (χ4v) is 2.85. The molecule has 1 saturated heterocycles. The standard InChI is InChI=1S/C18H19F2N3O/c19-16-7-6-15(10-17(16)20)23-9-8-13(12-23)11-21-18(24)22-14-4-2-1-3-5-14/h1-7,10,13H,8-9,11-12H2,(H2,21,22,24). The number of carbonyl (C=O) groups excluding carboxylic acids is 1. The molecule has 126 valence electrons. The molecule has 2 amide bonds. The number of amides is 2. The summed E-state index contributed by atoms with van der Waals surface area (Å²) in [4.78, 5) is 13.9. The normalized spacial score (nSPS) is 16.9. The zero-order chi connectivity index (χ0) is 16.9. The fraction of sp³-hybridized carbons (Fsp3) is 0.278. The first-order valence-electron chi connectivity index (χ1n) is 7.92. The molecule has 1 aliphatic rings. The lowest BCUT2D eigenvalue weighted by Crippen LogP contribution is -2.34. The molecule has 1 unspecified atom stereocenters. The van der Waals surface area contributed by atoms with Gasteiger partial charge in [0.2, 0.25) is 0 Å². The number of carbonyl (C=O) groups is 1. The smallest absolute Gasteiger partial charge is 0.319 e. The lowest BCUT2D eigenvalue weighted by atomic mass is 10.1. The van der Waals surface area contributed by atoms with Crippen molar-refractivity contribution in [2.45, 2.75) is 6.42 Å². The fourth-order valence-electron chi connectivity index (χ4n) is 2.85. The number of nitrogens with one attached hydrogen (secondary N) is 2. The van der Waals surface area contributed by atoms with Crippen molar-refractivity contribution in [2.24, 2.45) is 5.92 Å². The monoisotopic (exact) mass is 331 g/mol. The summed E-state index contributed by atoms with van der Waals surface area (Å²) in [6.07, 6.45) is 0.893. The summed E-state index contributed by atoms with van der Waals surface area (Å²) >= 11 is 0. The van der Waals surface area contributed by atoms with E-state index in [0.29, 0.717) is 18.8 Å². The second kappa shape index (κ2) is 7.29. The van der Waals surface area contributed by atoms with Crippen LogP contribution in [0.5, 0.6) is 0 Å². The van der Waals surface area contributed by atoms with Crippen molar-refractivity contribution in [3.63, 3.8) is 0 Å². The molecule has 0 aromatic heterocycles. The summed E-state index contributed by atoms with van der Waals surface area (Å²) in [7, 11) is 0. The Morgan fingerprint density at radius 2 is 1.92 bits per heavy atom. The van der Waals surface area contributed by atoms with Gasteiger partial charge in [0.05, 0.1) is 0 Å². The molecule has 3 rings (SSSR count). The van der Waals surface area contributed by atoms with Gasteiger partial charge < -0.3 is 15.5 Å². The number of nitrogens with zero attached hydrogens (tertiary/aromatic N) is 1. The van der Waals surface area contributed by atoms with Gasteiger partial charge in [-0.1, -0.05) is 18.2 Å². The predicted molar refractivity (Wildman–Crippen MR) is 90.1 cm³/mol. The third-order valence-electron chi connectivity index (χ3n) is 4.14. The number of benzene rings is 2. The van der Waals surface area contributed by atoms with E-state index in [1.807, 2.05) is 35.2 Å². The van der Waals surface area contributed by atoms with Gasteiger partial charge in [0.25, 0.3) is 0 Å². The van der Waals surface area contributed by atoms with E-state index >= 15 is 0 Å². The Morgan fingerprint density at radius 3 is 2.67 bits per heavy atom. The van der Waals surface area contributed by atoms with Gasteiger partial charge in [-0.2, -0.15) is 0 Å². The van der Waals surface area contributed by atoms with Crippen LogP contribution < -0.4 is 15.5 Å². The molecule has 0 aliphatic carbocycles. The summed E-state index contributed by atoms with van der Waals surface area (Å²) in [6, 6.07) is 12.9. The summed E-state index contributed by atoms with van der Waals surface area (Å²) in [6.45, 7) is 2.01. The molecule has 1 fully saturated rings. The van der Waals surface area contributed by atoms with Crippen LogP contribution in [0.1, 0.15) is 6.42 Å². The topological polar surface area (TPSA) is 44.4 Å². The number of para-hydroxylation sites is 1. The number of urea groups is 1. The van der Waals surface area contributed by atoms with Gasteiger partial charge in [-0.25, -0.2) is 13.6 Å². The van der Waals surface area contributed by atoms with E-state index in [2.05, 4.69) is 10.6 Å². The summed E-state index contributed by atoms with van der Waals surface area (Å²) in [5.74, 6) is -1.40. The van der Waals surface area contributed by atoms with E-state index in [4.69, 9.17) is 0 Å². The van der Waals surface area contributed by atoms with Crippen molar-refractivity contribution >= 4 is 17.4 Å². The van der Waals surface area contributed by atoms with Crippen LogP contribution in [0.15, 0.2) is 48.5 Å². The van der Waals surface area contributed by atoms with Crippen molar-refractivity contribution in [3.8, 4) is 0 Å². The van der Waals surface area contributed by atoms with Crippen LogP contribution in [0.25, 0.3) is 0 Å². The average molecular weight is 331 g/mol. The molecule has 0 spiro atoms. The Hall–Kier alpha value is -2.63. The van der Waals surface area contributed by atoms with Crippen LogP contribution in [-0.4, -0.2) is 25.7 Å². The first kappa shape index (κ1) is 16.2. The quantitative estimate of drug-likeness (QED) is 0.899. The van der Waals surface area contributed by atoms with E-state index < -0.39 is 11.6 Å². The van der Waals surface area contributed by atoms with Crippen LogP contribution in [0.2, 0.25) is 0 Å². The minimum absolute atomic E-state index is 0.243. The zero-order valence-electron chi connectivity index (χ0n) is 13.1. The molecule has 0 bridgehead atoms. The molecule has 24 heavy (non-hydrogen) atoms. The largest absolute Gasteiger partial charge is 0.371 e. The molecule has 2 aromatic rings. The summed E-state index contributed by atoms with van der Waals surface area (Å²) in [5.41, 5.74) is 1.41. The van der Waals surface area contributed by atoms with E-state index in [1.165, 1.54) is 6.07 Å². The molecule has 1 heterocycles. The van der Waals surface area contributed by atoms with E-state index in [-0.39, 0.29) is 11.9 Å². The average Bonchev–Trinajstić information content (AvgIpc) is 3.05. The molecule has 1 atom stereocenters. The predicted octanol–water partition coefficient (Wildman–Crippen LogP) is 3.61. The Morgan fingerprint density at radius 1 is 1.12 bits per heavy atom. The van der Waals surface area contributed by atoms with E-state index in [1.54, 1.807) is 6.07 Å². The Labute approximate surface area is 139 Å². The first-order chi connectivity index (χ1) is 11.6. The number of halogens is 2. The summed E-state index contributed by atoms with van der Waals surface area (Å²) in [5, 5.41) is 5.62. The summed E-state index contributed by atoms with van der Waals surface area (Å²) < 4.78 is 26.3. The molecule has 4 nitrogen and oxygen atoms in total. The minimum atomic E-state index is -0.839. The van der Waals surface area contributed by atoms with E-state index in [0.717, 1.165) is 24.7 Å². The molecular weight excluding hydrogens is 312 g/mol. The van der Waals surface area contributed by atoms with Gasteiger partial charge in [0.15, 0.2) is 11.6 Å². The van der Waals surface area contributed by atoms with Gasteiger partial charge in [-0.3, -0.25) is 0 Å². The lowest BCUT2D eigenvalue weighted by Gasteiger charge is -2.19. The van der Waals surface area contributed by atoms with Gasteiger partial charge in [-0.15, -0.1) is 0 Å². The molecule has 2 N–H and O–H groups in total.